The zero-order valence-electron chi connectivity index (χ0n) is 15.0. The second-order valence-corrected chi connectivity index (χ2v) is 7.45. The molecule has 3 aromatic rings. The monoisotopic (exact) mass is 372 g/mol. The Bertz CT molecular complexity index is 854. The number of H-pyrrole nitrogens is 1. The maximum absolute atomic E-state index is 5.38. The van der Waals surface area contributed by atoms with Crippen LogP contribution in [0.15, 0.2) is 30.3 Å². The maximum Gasteiger partial charge on any atom is 0.148 e. The first-order chi connectivity index (χ1) is 12.8. The van der Waals surface area contributed by atoms with Gasteiger partial charge in [0.25, 0.3) is 0 Å². The Kier molecular flexibility index (Phi) is 5.38. The van der Waals surface area contributed by atoms with E-state index in [1.54, 1.807) is 18.4 Å². The van der Waals surface area contributed by atoms with Crippen LogP contribution in [0.1, 0.15) is 6.42 Å². The molecule has 0 unspecified atom stereocenters. The topological polar surface area (TPSA) is 62.4 Å². The predicted molar refractivity (Wildman–Crippen MR) is 106 cm³/mol. The number of nitrogens with one attached hydrogen (secondary N) is 2. The zero-order chi connectivity index (χ0) is 17.8. The number of fused-ring (bicyclic) bond motifs is 1. The number of hydrogen-bond donors (Lipinski definition) is 2. The smallest absolute Gasteiger partial charge is 0.148 e. The molecule has 26 heavy (non-hydrogen) atoms. The minimum Gasteiger partial charge on any atom is -0.497 e. The van der Waals surface area contributed by atoms with E-state index in [0.29, 0.717) is 0 Å². The Hall–Kier alpha value is -2.09. The Morgan fingerprint density at radius 3 is 3.00 bits per heavy atom. The van der Waals surface area contributed by atoms with Crippen LogP contribution in [0.25, 0.3) is 21.7 Å². The summed E-state index contributed by atoms with van der Waals surface area (Å²) in [6, 6.07) is 10.1. The molecule has 4 rings (SSSR count). The summed E-state index contributed by atoms with van der Waals surface area (Å²) >= 11 is 1.73. The molecule has 7 heteroatoms. The average molecular weight is 372 g/mol. The van der Waals surface area contributed by atoms with Crippen LogP contribution >= 0.6 is 11.3 Å². The van der Waals surface area contributed by atoms with E-state index in [1.165, 1.54) is 5.00 Å². The van der Waals surface area contributed by atoms with Crippen LogP contribution in [-0.4, -0.2) is 61.4 Å². The number of ether oxygens (including phenoxy) is 2. The molecule has 6 nitrogen and oxygen atoms in total. The summed E-state index contributed by atoms with van der Waals surface area (Å²) < 4.78 is 10.7. The standard InChI is InChI=1S/C19H24N4O2S/c1-24-14-3-4-15-16(13-14)22-19(21-15)17-5-6-18(26-17)20-7-2-8-23-9-11-25-12-10-23/h3-6,13,20H,2,7-12H2,1H3,(H,21,22). The Morgan fingerprint density at radius 2 is 2.15 bits per heavy atom. The van der Waals surface area contributed by atoms with Crippen LogP contribution < -0.4 is 10.1 Å². The summed E-state index contributed by atoms with van der Waals surface area (Å²) in [6.45, 7) is 5.95. The molecular weight excluding hydrogens is 348 g/mol. The van der Waals surface area contributed by atoms with E-state index >= 15 is 0 Å². The van der Waals surface area contributed by atoms with E-state index in [-0.39, 0.29) is 0 Å². The van der Waals surface area contributed by atoms with Gasteiger partial charge in [0.05, 0.1) is 41.2 Å². The summed E-state index contributed by atoms with van der Waals surface area (Å²) in [7, 11) is 1.68. The Balaban J connectivity index is 1.34. The van der Waals surface area contributed by atoms with Crippen LogP contribution in [0.2, 0.25) is 0 Å². The summed E-state index contributed by atoms with van der Waals surface area (Å²) in [4.78, 5) is 11.7. The van der Waals surface area contributed by atoms with E-state index in [0.717, 1.165) is 73.3 Å². The fraction of sp³-hybridized carbons (Fsp3) is 0.421. The van der Waals surface area contributed by atoms with Gasteiger partial charge in [0, 0.05) is 25.7 Å². The molecule has 0 spiro atoms. The molecule has 0 bridgehead atoms. The SMILES string of the molecule is COc1ccc2nc(-c3ccc(NCCCN4CCOCC4)s3)[nH]c2c1. The van der Waals surface area contributed by atoms with Crippen LogP contribution in [-0.2, 0) is 4.74 Å². The molecule has 0 radical (unpaired) electrons. The van der Waals surface area contributed by atoms with Gasteiger partial charge >= 0.3 is 0 Å². The van der Waals surface area contributed by atoms with Crippen LogP contribution in [0.5, 0.6) is 5.75 Å². The van der Waals surface area contributed by atoms with Crippen molar-refractivity contribution < 1.29 is 9.47 Å². The van der Waals surface area contributed by atoms with Gasteiger partial charge in [-0.1, -0.05) is 0 Å². The number of nitrogens with zero attached hydrogens (tertiary/aromatic N) is 2. The summed E-state index contributed by atoms with van der Waals surface area (Å²) in [5.41, 5.74) is 1.95. The number of morpholine rings is 1. The number of anilines is 1. The van der Waals surface area contributed by atoms with Crippen LogP contribution in [0, 0.1) is 0 Å². The molecule has 3 heterocycles. The van der Waals surface area contributed by atoms with Gasteiger partial charge in [0.15, 0.2) is 0 Å². The van der Waals surface area contributed by atoms with E-state index in [4.69, 9.17) is 9.47 Å². The van der Waals surface area contributed by atoms with Crippen molar-refractivity contribution in [2.45, 2.75) is 6.42 Å². The van der Waals surface area contributed by atoms with Crippen LogP contribution in [0.3, 0.4) is 0 Å². The summed E-state index contributed by atoms with van der Waals surface area (Å²) in [6.07, 6.45) is 1.14. The zero-order valence-corrected chi connectivity index (χ0v) is 15.8. The Labute approximate surface area is 157 Å². The molecule has 1 aliphatic rings. The van der Waals surface area contributed by atoms with Gasteiger partial charge in [0.1, 0.15) is 11.6 Å². The third kappa shape index (κ3) is 4.00. The molecule has 1 fully saturated rings. The van der Waals surface area contributed by atoms with E-state index in [2.05, 4.69) is 32.3 Å². The molecule has 1 saturated heterocycles. The molecule has 2 aromatic heterocycles. The highest BCUT2D eigenvalue weighted by atomic mass is 32.1. The van der Waals surface area contributed by atoms with Gasteiger partial charge < -0.3 is 19.8 Å². The molecular formula is C19H24N4O2S. The highest BCUT2D eigenvalue weighted by molar-refractivity contribution is 7.19. The lowest BCUT2D eigenvalue weighted by Gasteiger charge is -2.26. The largest absolute Gasteiger partial charge is 0.497 e. The van der Waals surface area contributed by atoms with Gasteiger partial charge in [-0.25, -0.2) is 4.98 Å². The molecule has 0 atom stereocenters. The first-order valence-corrected chi connectivity index (χ1v) is 9.81. The summed E-state index contributed by atoms with van der Waals surface area (Å²) in [5, 5.41) is 4.71. The third-order valence-electron chi connectivity index (χ3n) is 4.58. The predicted octanol–water partition coefficient (Wildman–Crippen LogP) is 3.43. The fourth-order valence-corrected chi connectivity index (χ4v) is 4.01. The lowest BCUT2D eigenvalue weighted by atomic mass is 10.3. The lowest BCUT2D eigenvalue weighted by Crippen LogP contribution is -2.37. The fourth-order valence-electron chi connectivity index (χ4n) is 3.13. The van der Waals surface area contributed by atoms with Crippen molar-refractivity contribution >= 4 is 27.4 Å². The van der Waals surface area contributed by atoms with E-state index < -0.39 is 0 Å². The first-order valence-electron chi connectivity index (χ1n) is 9.00. The lowest BCUT2D eigenvalue weighted by molar-refractivity contribution is 0.0378. The molecule has 2 N–H and O–H groups in total. The van der Waals surface area contributed by atoms with Crippen molar-refractivity contribution in [3.63, 3.8) is 0 Å². The van der Waals surface area contributed by atoms with Gasteiger partial charge in [-0.05, 0) is 37.2 Å². The number of methoxy groups -OCH3 is 1. The number of hydrogen-bond acceptors (Lipinski definition) is 6. The van der Waals surface area contributed by atoms with Crippen molar-refractivity contribution in [1.82, 2.24) is 14.9 Å². The van der Waals surface area contributed by atoms with E-state index in [9.17, 15) is 0 Å². The minimum atomic E-state index is 0.835. The van der Waals surface area contributed by atoms with Crippen molar-refractivity contribution in [3.05, 3.63) is 30.3 Å². The molecule has 1 aromatic carbocycles. The van der Waals surface area contributed by atoms with Gasteiger partial charge in [0.2, 0.25) is 0 Å². The van der Waals surface area contributed by atoms with Gasteiger partial charge in [-0.15, -0.1) is 11.3 Å². The van der Waals surface area contributed by atoms with E-state index in [1.807, 2.05) is 18.2 Å². The molecule has 138 valence electrons. The molecule has 0 amide bonds. The quantitative estimate of drug-likeness (QED) is 0.622. The highest BCUT2D eigenvalue weighted by Gasteiger charge is 2.11. The van der Waals surface area contributed by atoms with Crippen molar-refractivity contribution in [3.8, 4) is 16.5 Å². The third-order valence-corrected chi connectivity index (χ3v) is 5.63. The van der Waals surface area contributed by atoms with Crippen molar-refractivity contribution in [2.75, 3.05) is 51.8 Å². The second-order valence-electron chi connectivity index (χ2n) is 6.37. The maximum atomic E-state index is 5.38. The number of aromatic amines is 1. The average Bonchev–Trinajstić information content (AvgIpc) is 3.32. The number of rotatable bonds is 7. The minimum absolute atomic E-state index is 0.835. The normalized spacial score (nSPS) is 15.4. The first kappa shape index (κ1) is 17.3. The van der Waals surface area contributed by atoms with Crippen molar-refractivity contribution in [1.29, 1.82) is 0 Å². The summed E-state index contributed by atoms with van der Waals surface area (Å²) in [5.74, 6) is 1.74. The van der Waals surface area contributed by atoms with Crippen LogP contribution in [0.4, 0.5) is 5.00 Å². The van der Waals surface area contributed by atoms with Gasteiger partial charge in [-0.3, -0.25) is 4.90 Å². The number of thiophene rings is 1. The number of benzene rings is 1. The molecule has 0 saturated carbocycles. The van der Waals surface area contributed by atoms with Gasteiger partial charge in [-0.2, -0.15) is 0 Å². The second kappa shape index (κ2) is 8.07. The highest BCUT2D eigenvalue weighted by Crippen LogP contribution is 2.31. The number of imidazole rings is 1. The number of aromatic nitrogens is 2. The molecule has 0 aliphatic carbocycles. The Morgan fingerprint density at radius 1 is 1.27 bits per heavy atom. The van der Waals surface area contributed by atoms with Crippen molar-refractivity contribution in [2.24, 2.45) is 0 Å². The molecule has 1 aliphatic heterocycles.